The molecule has 1 heterocycles. The fraction of sp³-hybridized carbons (Fsp3) is 0.467. The number of benzene rings is 1. The smallest absolute Gasteiger partial charge is 0.328 e. The maximum atomic E-state index is 12.4. The molecule has 0 unspecified atom stereocenters. The van der Waals surface area contributed by atoms with E-state index in [1.807, 2.05) is 19.1 Å². The van der Waals surface area contributed by atoms with E-state index < -0.39 is 18.1 Å². The standard InChI is InChI=1S/C15H19NO5/c1-10-3-5-12(6-4-10)21-11(2)14(17)16-7-8-20-9-13(16)15(18)19/h3-6,11,13H,7-9H2,1-2H3,(H,18,19)/t11-,13+/m1/s1. The fourth-order valence-corrected chi connectivity index (χ4v) is 2.18. The molecule has 1 fully saturated rings. The molecule has 0 radical (unpaired) electrons. The predicted molar refractivity (Wildman–Crippen MR) is 75.2 cm³/mol. The molecular weight excluding hydrogens is 274 g/mol. The van der Waals surface area contributed by atoms with Crippen molar-refractivity contribution in [2.24, 2.45) is 0 Å². The minimum Gasteiger partial charge on any atom is -0.481 e. The predicted octanol–water partition coefficient (Wildman–Crippen LogP) is 1.07. The van der Waals surface area contributed by atoms with Gasteiger partial charge in [-0.1, -0.05) is 17.7 Å². The molecule has 2 rings (SSSR count). The van der Waals surface area contributed by atoms with E-state index >= 15 is 0 Å². The van der Waals surface area contributed by atoms with Gasteiger partial charge < -0.3 is 19.5 Å². The van der Waals surface area contributed by atoms with Gasteiger partial charge in [0, 0.05) is 6.54 Å². The van der Waals surface area contributed by atoms with Gasteiger partial charge in [-0.05, 0) is 26.0 Å². The van der Waals surface area contributed by atoms with E-state index in [-0.39, 0.29) is 19.1 Å². The van der Waals surface area contributed by atoms with Gasteiger partial charge in [0.05, 0.1) is 13.2 Å². The molecule has 1 amide bonds. The van der Waals surface area contributed by atoms with Crippen LogP contribution in [0.15, 0.2) is 24.3 Å². The van der Waals surface area contributed by atoms with E-state index in [1.165, 1.54) is 4.90 Å². The van der Waals surface area contributed by atoms with Crippen LogP contribution in [0.5, 0.6) is 5.75 Å². The molecule has 0 saturated carbocycles. The largest absolute Gasteiger partial charge is 0.481 e. The van der Waals surface area contributed by atoms with Crippen LogP contribution >= 0.6 is 0 Å². The van der Waals surface area contributed by atoms with Crippen LogP contribution in [0.25, 0.3) is 0 Å². The number of carboxylic acid groups (broad SMARTS) is 1. The summed E-state index contributed by atoms with van der Waals surface area (Å²) in [6.45, 7) is 4.20. The van der Waals surface area contributed by atoms with E-state index in [2.05, 4.69) is 0 Å². The Hall–Kier alpha value is -2.08. The van der Waals surface area contributed by atoms with Gasteiger partial charge >= 0.3 is 5.97 Å². The molecule has 114 valence electrons. The first-order valence-electron chi connectivity index (χ1n) is 6.83. The van der Waals surface area contributed by atoms with Crippen molar-refractivity contribution in [3.63, 3.8) is 0 Å². The SMILES string of the molecule is Cc1ccc(O[C@H](C)C(=O)N2CCOC[C@H]2C(=O)O)cc1. The number of nitrogens with zero attached hydrogens (tertiary/aromatic N) is 1. The fourth-order valence-electron chi connectivity index (χ4n) is 2.18. The molecule has 1 aliphatic rings. The second-order valence-electron chi connectivity index (χ2n) is 5.03. The lowest BCUT2D eigenvalue weighted by molar-refractivity contribution is -0.161. The number of aliphatic carboxylic acids is 1. The molecule has 1 aromatic carbocycles. The first kappa shape index (κ1) is 15.3. The van der Waals surface area contributed by atoms with Crippen LogP contribution in [0.1, 0.15) is 12.5 Å². The number of amides is 1. The summed E-state index contributed by atoms with van der Waals surface area (Å²) in [5.41, 5.74) is 1.10. The van der Waals surface area contributed by atoms with E-state index in [4.69, 9.17) is 14.6 Å². The molecule has 21 heavy (non-hydrogen) atoms. The third-order valence-electron chi connectivity index (χ3n) is 3.38. The second kappa shape index (κ2) is 6.58. The topological polar surface area (TPSA) is 76.1 Å². The molecule has 0 bridgehead atoms. The van der Waals surface area contributed by atoms with E-state index in [0.717, 1.165) is 5.56 Å². The van der Waals surface area contributed by atoms with Crippen molar-refractivity contribution in [2.45, 2.75) is 26.0 Å². The van der Waals surface area contributed by atoms with Crippen LogP contribution in [0, 0.1) is 6.92 Å². The average Bonchev–Trinajstić information content (AvgIpc) is 2.48. The van der Waals surface area contributed by atoms with E-state index in [0.29, 0.717) is 12.4 Å². The van der Waals surface area contributed by atoms with Crippen molar-refractivity contribution in [3.8, 4) is 5.75 Å². The number of hydrogen-bond donors (Lipinski definition) is 1. The van der Waals surface area contributed by atoms with Gasteiger partial charge in [-0.15, -0.1) is 0 Å². The highest BCUT2D eigenvalue weighted by Crippen LogP contribution is 2.16. The summed E-state index contributed by atoms with van der Waals surface area (Å²) < 4.78 is 10.7. The van der Waals surface area contributed by atoms with Gasteiger partial charge in [0.15, 0.2) is 12.1 Å². The van der Waals surface area contributed by atoms with Crippen molar-refractivity contribution < 1.29 is 24.2 Å². The van der Waals surface area contributed by atoms with Gasteiger partial charge in [0.25, 0.3) is 5.91 Å². The molecule has 6 heteroatoms. The molecule has 1 N–H and O–H groups in total. The van der Waals surface area contributed by atoms with E-state index in [1.54, 1.807) is 19.1 Å². The normalized spacial score (nSPS) is 19.9. The lowest BCUT2D eigenvalue weighted by Gasteiger charge is -2.34. The number of hydrogen-bond acceptors (Lipinski definition) is 4. The Morgan fingerprint density at radius 1 is 1.38 bits per heavy atom. The number of carbonyl (C=O) groups is 2. The van der Waals surface area contributed by atoms with Crippen LogP contribution in [0.3, 0.4) is 0 Å². The number of carboxylic acids is 1. The highest BCUT2D eigenvalue weighted by molar-refractivity contribution is 5.86. The average molecular weight is 293 g/mol. The Morgan fingerprint density at radius 3 is 2.67 bits per heavy atom. The summed E-state index contributed by atoms with van der Waals surface area (Å²) in [4.78, 5) is 24.8. The summed E-state index contributed by atoms with van der Waals surface area (Å²) in [6.07, 6.45) is -0.743. The van der Waals surface area contributed by atoms with Crippen LogP contribution in [-0.2, 0) is 14.3 Å². The molecule has 1 aliphatic heterocycles. The molecule has 1 aromatic rings. The van der Waals surface area contributed by atoms with Crippen LogP contribution < -0.4 is 4.74 Å². The van der Waals surface area contributed by atoms with Crippen LogP contribution in [-0.4, -0.2) is 53.8 Å². The number of aryl methyl sites for hydroxylation is 1. The Balaban J connectivity index is 2.03. The summed E-state index contributed by atoms with van der Waals surface area (Å²) in [6, 6.07) is 6.40. The van der Waals surface area contributed by atoms with Gasteiger partial charge in [0.2, 0.25) is 0 Å². The summed E-state index contributed by atoms with van der Waals surface area (Å²) in [5, 5.41) is 9.14. The highest BCUT2D eigenvalue weighted by Gasteiger charge is 2.35. The minimum absolute atomic E-state index is 0.0122. The number of morpholine rings is 1. The minimum atomic E-state index is -1.06. The third-order valence-corrected chi connectivity index (χ3v) is 3.38. The molecule has 0 spiro atoms. The molecule has 6 nitrogen and oxygen atoms in total. The number of ether oxygens (including phenoxy) is 2. The quantitative estimate of drug-likeness (QED) is 0.899. The van der Waals surface area contributed by atoms with Gasteiger partial charge in [-0.25, -0.2) is 4.79 Å². The van der Waals surface area contributed by atoms with Crippen molar-refractivity contribution >= 4 is 11.9 Å². The maximum Gasteiger partial charge on any atom is 0.328 e. The van der Waals surface area contributed by atoms with E-state index in [9.17, 15) is 9.59 Å². The zero-order valence-corrected chi connectivity index (χ0v) is 12.1. The Kier molecular flexibility index (Phi) is 4.80. The van der Waals surface area contributed by atoms with Crippen molar-refractivity contribution in [2.75, 3.05) is 19.8 Å². The van der Waals surface area contributed by atoms with Crippen LogP contribution in [0.2, 0.25) is 0 Å². The Bertz CT molecular complexity index is 513. The Morgan fingerprint density at radius 2 is 2.05 bits per heavy atom. The maximum absolute atomic E-state index is 12.4. The van der Waals surface area contributed by atoms with Crippen LogP contribution in [0.4, 0.5) is 0 Å². The molecule has 0 aliphatic carbocycles. The number of rotatable bonds is 4. The van der Waals surface area contributed by atoms with Gasteiger partial charge in [-0.3, -0.25) is 4.79 Å². The van der Waals surface area contributed by atoms with Gasteiger partial charge in [-0.2, -0.15) is 0 Å². The monoisotopic (exact) mass is 293 g/mol. The Labute approximate surface area is 123 Å². The molecular formula is C15H19NO5. The first-order chi connectivity index (χ1) is 9.99. The van der Waals surface area contributed by atoms with Crippen molar-refractivity contribution in [1.29, 1.82) is 0 Å². The lowest BCUT2D eigenvalue weighted by atomic mass is 10.2. The third kappa shape index (κ3) is 3.72. The number of carbonyl (C=O) groups excluding carboxylic acids is 1. The second-order valence-corrected chi connectivity index (χ2v) is 5.03. The summed E-state index contributed by atoms with van der Waals surface area (Å²) >= 11 is 0. The molecule has 2 atom stereocenters. The summed E-state index contributed by atoms with van der Waals surface area (Å²) in [5.74, 6) is -0.821. The highest BCUT2D eigenvalue weighted by atomic mass is 16.5. The van der Waals surface area contributed by atoms with Crippen molar-refractivity contribution in [1.82, 2.24) is 4.90 Å². The van der Waals surface area contributed by atoms with Gasteiger partial charge in [0.1, 0.15) is 5.75 Å². The lowest BCUT2D eigenvalue weighted by Crippen LogP contribution is -2.55. The zero-order chi connectivity index (χ0) is 15.4. The summed E-state index contributed by atoms with van der Waals surface area (Å²) in [7, 11) is 0. The molecule has 0 aromatic heterocycles. The first-order valence-corrected chi connectivity index (χ1v) is 6.83. The van der Waals surface area contributed by atoms with Crippen molar-refractivity contribution in [3.05, 3.63) is 29.8 Å². The molecule has 1 saturated heterocycles. The zero-order valence-electron chi connectivity index (χ0n) is 12.1.